The quantitative estimate of drug-likeness (QED) is 0.188. The number of aromatic nitrogens is 3. The second-order valence-corrected chi connectivity index (χ2v) is 13.6. The van der Waals surface area contributed by atoms with Gasteiger partial charge in [0.1, 0.15) is 0 Å². The zero-order chi connectivity index (χ0) is 31.7. The largest absolute Gasteiger partial charge is 0.309 e. The molecule has 48 heavy (non-hydrogen) atoms. The van der Waals surface area contributed by atoms with Gasteiger partial charge in [-0.15, -0.1) is 0 Å². The van der Waals surface area contributed by atoms with E-state index in [1.54, 1.807) is 0 Å². The summed E-state index contributed by atoms with van der Waals surface area (Å²) < 4.78 is 7.42. The lowest BCUT2D eigenvalue weighted by atomic mass is 9.97. The van der Waals surface area contributed by atoms with Crippen LogP contribution in [0.5, 0.6) is 0 Å². The van der Waals surface area contributed by atoms with Gasteiger partial charge in [0.25, 0.3) is 0 Å². The van der Waals surface area contributed by atoms with Crippen LogP contribution in [0, 0.1) is 0 Å². The summed E-state index contributed by atoms with van der Waals surface area (Å²) in [4.78, 5) is 0. The van der Waals surface area contributed by atoms with E-state index in [1.165, 1.54) is 98.6 Å². The van der Waals surface area contributed by atoms with Crippen molar-refractivity contribution in [3.05, 3.63) is 151 Å². The van der Waals surface area contributed by atoms with E-state index in [-0.39, 0.29) is 0 Å². The van der Waals surface area contributed by atoms with Crippen molar-refractivity contribution in [2.45, 2.75) is 19.8 Å². The van der Waals surface area contributed by atoms with Gasteiger partial charge < -0.3 is 13.5 Å². The topological polar surface area (TPSA) is 14.3 Å². The number of para-hydroxylation sites is 4. The van der Waals surface area contributed by atoms with Crippen LogP contribution < -0.4 is 0 Å². The minimum atomic E-state index is 0.409. The molecule has 0 bridgehead atoms. The van der Waals surface area contributed by atoms with E-state index >= 15 is 0 Å². The summed E-state index contributed by atoms with van der Waals surface area (Å²) in [7, 11) is 0. The van der Waals surface area contributed by atoms with Crippen LogP contribution in [0.1, 0.15) is 25.3 Å². The van der Waals surface area contributed by atoms with Gasteiger partial charge in [0.2, 0.25) is 0 Å². The fraction of sp³-hybridized carbons (Fsp3) is 0.0667. The molecule has 7 aromatic carbocycles. The van der Waals surface area contributed by atoms with Crippen LogP contribution in [0.15, 0.2) is 146 Å². The molecule has 0 aliphatic heterocycles. The number of rotatable bonds is 3. The van der Waals surface area contributed by atoms with Gasteiger partial charge >= 0.3 is 0 Å². The van der Waals surface area contributed by atoms with Crippen LogP contribution in [-0.4, -0.2) is 13.5 Å². The maximum atomic E-state index is 2.56. The Hall–Kier alpha value is -6.06. The van der Waals surface area contributed by atoms with Crippen molar-refractivity contribution in [1.82, 2.24) is 13.5 Å². The van der Waals surface area contributed by atoms with Gasteiger partial charge in [-0.05, 0) is 84.3 Å². The molecule has 0 saturated heterocycles. The third kappa shape index (κ3) is 3.28. The second-order valence-electron chi connectivity index (χ2n) is 13.6. The van der Waals surface area contributed by atoms with Gasteiger partial charge in [0.15, 0.2) is 0 Å². The Bertz CT molecular complexity index is 2860. The highest BCUT2D eigenvalue weighted by molar-refractivity contribution is 6.28. The maximum absolute atomic E-state index is 2.56. The highest BCUT2D eigenvalue weighted by atomic mass is 15.0. The van der Waals surface area contributed by atoms with E-state index in [0.29, 0.717) is 5.92 Å². The molecule has 11 aromatic rings. The minimum absolute atomic E-state index is 0.409. The van der Waals surface area contributed by atoms with Gasteiger partial charge in [-0.2, -0.15) is 0 Å². The lowest BCUT2D eigenvalue weighted by Gasteiger charge is -2.09. The summed E-state index contributed by atoms with van der Waals surface area (Å²) in [5, 5.41) is 10.4. The van der Waals surface area contributed by atoms with Gasteiger partial charge in [0.05, 0.1) is 38.6 Å². The zero-order valence-corrected chi connectivity index (χ0v) is 26.8. The van der Waals surface area contributed by atoms with Gasteiger partial charge in [0, 0.05) is 54.5 Å². The Labute approximate surface area is 276 Å². The monoisotopic (exact) mass is 613 g/mol. The molecule has 0 fully saturated rings. The van der Waals surface area contributed by atoms with Crippen LogP contribution in [0.3, 0.4) is 0 Å². The van der Waals surface area contributed by atoms with Crippen molar-refractivity contribution in [3.8, 4) is 11.4 Å². The van der Waals surface area contributed by atoms with Crippen LogP contribution in [0.4, 0.5) is 0 Å². The Morgan fingerprint density at radius 2 is 0.750 bits per heavy atom. The molecular weight excluding hydrogens is 583 g/mol. The maximum Gasteiger partial charge on any atom is 0.0620 e. The highest BCUT2D eigenvalue weighted by Gasteiger charge is 2.23. The predicted molar refractivity (Wildman–Crippen MR) is 204 cm³/mol. The summed E-state index contributed by atoms with van der Waals surface area (Å²) >= 11 is 0. The number of hydrogen-bond acceptors (Lipinski definition) is 0. The first-order valence-corrected chi connectivity index (χ1v) is 16.9. The molecule has 0 aliphatic rings. The Morgan fingerprint density at radius 3 is 1.21 bits per heavy atom. The summed E-state index contributed by atoms with van der Waals surface area (Å²) in [6, 6.07) is 54.0. The molecule has 0 amide bonds. The van der Waals surface area contributed by atoms with Crippen molar-refractivity contribution in [3.63, 3.8) is 0 Å². The van der Waals surface area contributed by atoms with Crippen molar-refractivity contribution in [2.24, 2.45) is 0 Å². The molecule has 3 heteroatoms. The molecule has 3 nitrogen and oxygen atoms in total. The lowest BCUT2D eigenvalue weighted by molar-refractivity contribution is 0.870. The van der Waals surface area contributed by atoms with Crippen molar-refractivity contribution < 1.29 is 0 Å². The van der Waals surface area contributed by atoms with Crippen LogP contribution in [0.2, 0.25) is 0 Å². The molecular formula is C45H31N3. The zero-order valence-electron chi connectivity index (χ0n) is 26.8. The first-order chi connectivity index (χ1) is 23.7. The Kier molecular flexibility index (Phi) is 5.03. The molecule has 4 heterocycles. The van der Waals surface area contributed by atoms with Crippen molar-refractivity contribution >= 4 is 81.7 Å². The first-order valence-electron chi connectivity index (χ1n) is 16.9. The predicted octanol–water partition coefficient (Wildman–Crippen LogP) is 12.2. The standard InChI is InChI=1S/C45H31N3/c1-27(2)28-21-37-35-25-41-33(31-17-9-11-19-39(31)46(41)29-13-5-3-6-14-29)23-43(35)48-44-24-34-32-18-10-12-20-40(32)47(30-15-7-4-8-16-30)42(34)26-36(44)38(22-28)45(37)48/h3-27H,1-2H3. The molecule has 0 unspecified atom stereocenters. The van der Waals surface area contributed by atoms with Crippen molar-refractivity contribution in [2.75, 3.05) is 0 Å². The Balaban J connectivity index is 1.35. The van der Waals surface area contributed by atoms with E-state index in [1.807, 2.05) is 0 Å². The molecule has 0 spiro atoms. The lowest BCUT2D eigenvalue weighted by Crippen LogP contribution is -1.93. The van der Waals surface area contributed by atoms with Gasteiger partial charge in [-0.1, -0.05) is 86.6 Å². The molecule has 0 saturated carbocycles. The molecule has 0 radical (unpaired) electrons. The SMILES string of the molecule is CC(C)c1cc2c3cc4c(cc3n3c5cc6c7ccccc7n(-c7ccccc7)c6cc5c(c1)c23)c1ccccc1n4-c1ccccc1. The molecule has 0 atom stereocenters. The van der Waals surface area contributed by atoms with Crippen LogP contribution >= 0.6 is 0 Å². The number of fused-ring (bicyclic) bond motifs is 12. The average Bonchev–Trinajstić information content (AvgIpc) is 3.84. The van der Waals surface area contributed by atoms with E-state index in [9.17, 15) is 0 Å². The van der Waals surface area contributed by atoms with Crippen LogP contribution in [-0.2, 0) is 0 Å². The summed E-state index contributed by atoms with van der Waals surface area (Å²) in [6.45, 7) is 4.62. The van der Waals surface area contributed by atoms with Gasteiger partial charge in [-0.3, -0.25) is 0 Å². The fourth-order valence-corrected chi connectivity index (χ4v) is 8.53. The number of benzene rings is 7. The first kappa shape index (κ1) is 26.1. The molecule has 0 N–H and O–H groups in total. The highest BCUT2D eigenvalue weighted by Crippen LogP contribution is 2.46. The molecule has 0 aliphatic carbocycles. The average molecular weight is 614 g/mol. The summed E-state index contributed by atoms with van der Waals surface area (Å²) in [5.41, 5.74) is 12.5. The van der Waals surface area contributed by atoms with Crippen LogP contribution in [0.25, 0.3) is 93.1 Å². The minimum Gasteiger partial charge on any atom is -0.309 e. The van der Waals surface area contributed by atoms with Gasteiger partial charge in [-0.25, -0.2) is 0 Å². The Morgan fingerprint density at radius 1 is 0.354 bits per heavy atom. The molecule has 4 aromatic heterocycles. The fourth-order valence-electron chi connectivity index (χ4n) is 8.53. The molecule has 11 rings (SSSR count). The molecule has 226 valence electrons. The summed E-state index contributed by atoms with van der Waals surface area (Å²) in [5.74, 6) is 0.409. The smallest absolute Gasteiger partial charge is 0.0620 e. The third-order valence-electron chi connectivity index (χ3n) is 10.7. The van der Waals surface area contributed by atoms with E-state index < -0.39 is 0 Å². The van der Waals surface area contributed by atoms with E-state index in [2.05, 4.69) is 173 Å². The van der Waals surface area contributed by atoms with E-state index in [0.717, 1.165) is 0 Å². The number of hydrogen-bond donors (Lipinski definition) is 0. The normalized spacial score (nSPS) is 12.6. The third-order valence-corrected chi connectivity index (χ3v) is 10.7. The summed E-state index contributed by atoms with van der Waals surface area (Å²) in [6.07, 6.45) is 0. The second kappa shape index (κ2) is 9.27. The number of nitrogens with zero attached hydrogens (tertiary/aromatic N) is 3. The van der Waals surface area contributed by atoms with E-state index in [4.69, 9.17) is 0 Å². The van der Waals surface area contributed by atoms with Crippen molar-refractivity contribution in [1.29, 1.82) is 0 Å².